The number of nitrogens with zero attached hydrogens (tertiary/aromatic N) is 2. The van der Waals surface area contributed by atoms with E-state index in [0.29, 0.717) is 6.54 Å². The standard InChI is InChI=1S/C14H10BrN3O/c1-18-6-7-2-11-10(4-9(7)14(18)19)13-12(17-11)3-8(15)5-16-13/h2-5,17H,6H2,1H3. The molecule has 4 nitrogen and oxygen atoms in total. The second-order valence-corrected chi connectivity index (χ2v) is 5.81. The van der Waals surface area contributed by atoms with Crippen LogP contribution in [0.25, 0.3) is 21.9 Å². The molecule has 0 unspecified atom stereocenters. The fourth-order valence-electron chi connectivity index (χ4n) is 2.70. The van der Waals surface area contributed by atoms with E-state index in [2.05, 4.69) is 32.0 Å². The van der Waals surface area contributed by atoms with E-state index in [4.69, 9.17) is 0 Å². The van der Waals surface area contributed by atoms with Crippen molar-refractivity contribution < 1.29 is 4.79 Å². The maximum absolute atomic E-state index is 12.0. The topological polar surface area (TPSA) is 49.0 Å². The highest BCUT2D eigenvalue weighted by molar-refractivity contribution is 9.10. The summed E-state index contributed by atoms with van der Waals surface area (Å²) in [6.45, 7) is 0.677. The molecule has 1 amide bonds. The number of aromatic amines is 1. The lowest BCUT2D eigenvalue weighted by atomic mass is 10.1. The number of benzene rings is 1. The van der Waals surface area contributed by atoms with Crippen LogP contribution >= 0.6 is 15.9 Å². The third-order valence-corrected chi connectivity index (χ3v) is 4.04. The van der Waals surface area contributed by atoms with Gasteiger partial charge in [0.05, 0.1) is 11.0 Å². The highest BCUT2D eigenvalue weighted by Gasteiger charge is 2.25. The number of H-pyrrole nitrogens is 1. The van der Waals surface area contributed by atoms with E-state index in [0.717, 1.165) is 37.5 Å². The molecule has 0 spiro atoms. The minimum Gasteiger partial charge on any atom is -0.353 e. The number of hydrogen-bond donors (Lipinski definition) is 1. The molecule has 0 bridgehead atoms. The van der Waals surface area contributed by atoms with Crippen LogP contribution < -0.4 is 0 Å². The Labute approximate surface area is 117 Å². The van der Waals surface area contributed by atoms with Crippen molar-refractivity contribution in [3.63, 3.8) is 0 Å². The second kappa shape index (κ2) is 3.57. The van der Waals surface area contributed by atoms with Crippen LogP contribution in [0, 0.1) is 0 Å². The first-order valence-corrected chi connectivity index (χ1v) is 6.78. The number of hydrogen-bond acceptors (Lipinski definition) is 2. The van der Waals surface area contributed by atoms with Crippen LogP contribution in [-0.4, -0.2) is 27.8 Å². The first-order valence-electron chi connectivity index (χ1n) is 5.99. The summed E-state index contributed by atoms with van der Waals surface area (Å²) in [6, 6.07) is 6.01. The predicted molar refractivity (Wildman–Crippen MR) is 77.1 cm³/mol. The lowest BCUT2D eigenvalue weighted by Crippen LogP contribution is -2.17. The molecule has 0 aliphatic carbocycles. The van der Waals surface area contributed by atoms with Crippen LogP contribution in [0.1, 0.15) is 15.9 Å². The van der Waals surface area contributed by atoms with Crippen LogP contribution in [0.4, 0.5) is 0 Å². The van der Waals surface area contributed by atoms with Gasteiger partial charge in [0.25, 0.3) is 5.91 Å². The minimum absolute atomic E-state index is 0.0864. The van der Waals surface area contributed by atoms with E-state index in [-0.39, 0.29) is 5.91 Å². The maximum Gasteiger partial charge on any atom is 0.254 e. The first-order chi connectivity index (χ1) is 9.13. The molecule has 2 aromatic heterocycles. The summed E-state index contributed by atoms with van der Waals surface area (Å²) in [7, 11) is 1.82. The van der Waals surface area contributed by atoms with Crippen molar-refractivity contribution in [3.8, 4) is 0 Å². The predicted octanol–water partition coefficient (Wildman–Crippen LogP) is 3.06. The Hall–Kier alpha value is -1.88. The average molecular weight is 316 g/mol. The van der Waals surface area contributed by atoms with Gasteiger partial charge >= 0.3 is 0 Å². The van der Waals surface area contributed by atoms with Gasteiger partial charge in [-0.25, -0.2) is 0 Å². The van der Waals surface area contributed by atoms with Crippen molar-refractivity contribution >= 4 is 43.8 Å². The summed E-state index contributed by atoms with van der Waals surface area (Å²) in [5, 5.41) is 1.00. The lowest BCUT2D eigenvalue weighted by molar-refractivity contribution is 0.0816. The largest absolute Gasteiger partial charge is 0.353 e. The van der Waals surface area contributed by atoms with Crippen molar-refractivity contribution in [2.75, 3.05) is 7.05 Å². The zero-order valence-electron chi connectivity index (χ0n) is 10.2. The number of nitrogens with one attached hydrogen (secondary N) is 1. The van der Waals surface area contributed by atoms with E-state index in [1.165, 1.54) is 0 Å². The minimum atomic E-state index is 0.0864. The van der Waals surface area contributed by atoms with E-state index in [1.807, 2.05) is 19.2 Å². The smallest absolute Gasteiger partial charge is 0.254 e. The Morgan fingerprint density at radius 3 is 3.00 bits per heavy atom. The maximum atomic E-state index is 12.0. The van der Waals surface area contributed by atoms with Crippen LogP contribution in [-0.2, 0) is 6.54 Å². The molecular weight excluding hydrogens is 306 g/mol. The summed E-state index contributed by atoms with van der Waals surface area (Å²) in [6.07, 6.45) is 1.77. The van der Waals surface area contributed by atoms with Crippen LogP contribution in [0.3, 0.4) is 0 Å². The summed E-state index contributed by atoms with van der Waals surface area (Å²) in [4.78, 5) is 21.6. The van der Waals surface area contributed by atoms with E-state index in [1.54, 1.807) is 11.1 Å². The van der Waals surface area contributed by atoms with Crippen molar-refractivity contribution in [1.29, 1.82) is 0 Å². The van der Waals surface area contributed by atoms with E-state index in [9.17, 15) is 4.79 Å². The third-order valence-electron chi connectivity index (χ3n) is 3.61. The fourth-order valence-corrected chi connectivity index (χ4v) is 3.03. The number of carbonyl (C=O) groups is 1. The molecule has 0 radical (unpaired) electrons. The molecule has 0 fully saturated rings. The van der Waals surface area contributed by atoms with Gasteiger partial charge in [-0.15, -0.1) is 0 Å². The molecule has 19 heavy (non-hydrogen) atoms. The molecule has 0 saturated carbocycles. The van der Waals surface area contributed by atoms with E-state index < -0.39 is 0 Å². The number of pyridine rings is 1. The summed E-state index contributed by atoms with van der Waals surface area (Å²) in [5.41, 5.74) is 4.78. The van der Waals surface area contributed by atoms with Gasteiger partial charge in [0.2, 0.25) is 0 Å². The quantitative estimate of drug-likeness (QED) is 0.693. The molecule has 4 rings (SSSR count). The van der Waals surface area contributed by atoms with E-state index >= 15 is 0 Å². The molecule has 5 heteroatoms. The average Bonchev–Trinajstić information content (AvgIpc) is 2.85. The summed E-state index contributed by atoms with van der Waals surface area (Å²) in [5.74, 6) is 0.0864. The Bertz CT molecular complexity index is 853. The van der Waals surface area contributed by atoms with Gasteiger partial charge in [-0.3, -0.25) is 9.78 Å². The van der Waals surface area contributed by atoms with Gasteiger partial charge in [0, 0.05) is 40.7 Å². The molecule has 3 heterocycles. The number of amides is 1. The Morgan fingerprint density at radius 1 is 1.32 bits per heavy atom. The zero-order valence-corrected chi connectivity index (χ0v) is 11.8. The molecule has 1 aliphatic rings. The number of carbonyl (C=O) groups excluding carboxylic acids is 1. The molecule has 1 aromatic carbocycles. The third kappa shape index (κ3) is 1.45. The fraction of sp³-hybridized carbons (Fsp3) is 0.143. The van der Waals surface area contributed by atoms with Crippen LogP contribution in [0.15, 0.2) is 28.9 Å². The first kappa shape index (κ1) is 11.0. The summed E-state index contributed by atoms with van der Waals surface area (Å²) >= 11 is 3.42. The van der Waals surface area contributed by atoms with Gasteiger partial charge in [-0.2, -0.15) is 0 Å². The summed E-state index contributed by atoms with van der Waals surface area (Å²) < 4.78 is 0.940. The number of rotatable bonds is 0. The van der Waals surface area contributed by atoms with Gasteiger partial charge in [0.15, 0.2) is 0 Å². The second-order valence-electron chi connectivity index (χ2n) is 4.89. The highest BCUT2D eigenvalue weighted by atomic mass is 79.9. The van der Waals surface area contributed by atoms with Crippen molar-refractivity contribution in [3.05, 3.63) is 40.0 Å². The number of fused-ring (bicyclic) bond motifs is 4. The van der Waals surface area contributed by atoms with Crippen molar-refractivity contribution in [2.24, 2.45) is 0 Å². The van der Waals surface area contributed by atoms with Gasteiger partial charge in [0.1, 0.15) is 0 Å². The molecular formula is C14H10BrN3O. The Morgan fingerprint density at radius 2 is 2.16 bits per heavy atom. The van der Waals surface area contributed by atoms with Gasteiger partial charge < -0.3 is 9.88 Å². The molecule has 1 aliphatic heterocycles. The van der Waals surface area contributed by atoms with Crippen LogP contribution in [0.2, 0.25) is 0 Å². The molecule has 94 valence electrons. The molecule has 1 N–H and O–H groups in total. The van der Waals surface area contributed by atoms with Crippen LogP contribution in [0.5, 0.6) is 0 Å². The lowest BCUT2D eigenvalue weighted by Gasteiger charge is -2.04. The van der Waals surface area contributed by atoms with Gasteiger partial charge in [-0.1, -0.05) is 0 Å². The van der Waals surface area contributed by atoms with Crippen molar-refractivity contribution in [2.45, 2.75) is 6.54 Å². The zero-order chi connectivity index (χ0) is 13.1. The normalized spacial score (nSPS) is 14.6. The Kier molecular flexibility index (Phi) is 2.07. The molecule has 0 atom stereocenters. The highest BCUT2D eigenvalue weighted by Crippen LogP contribution is 2.31. The number of aromatic nitrogens is 2. The van der Waals surface area contributed by atoms with Crippen molar-refractivity contribution in [1.82, 2.24) is 14.9 Å². The molecule has 0 saturated heterocycles. The Balaban J connectivity index is 2.09. The number of halogens is 1. The molecule has 3 aromatic rings. The monoisotopic (exact) mass is 315 g/mol. The SMILES string of the molecule is CN1Cc2cc3[nH]c4cc(Br)cnc4c3cc2C1=O. The van der Waals surface area contributed by atoms with Gasteiger partial charge in [-0.05, 0) is 39.7 Å².